The van der Waals surface area contributed by atoms with Crippen LogP contribution in [0.5, 0.6) is 11.5 Å². The number of rotatable bonds is 16. The maximum absolute atomic E-state index is 5.98. The Bertz CT molecular complexity index is 434. The Morgan fingerprint density at radius 3 is 1.68 bits per heavy atom. The molecule has 0 aliphatic carbocycles. The molecule has 0 N–H and O–H groups in total. The molecule has 0 heterocycles. The molecule has 0 saturated carbocycles. The Balaban J connectivity index is 2.25. The molecule has 0 aliphatic heterocycles. The highest BCUT2D eigenvalue weighted by Gasteiger charge is 2.06. The lowest BCUT2D eigenvalue weighted by Crippen LogP contribution is -2.02. The topological polar surface area (TPSA) is 18.5 Å². The van der Waals surface area contributed by atoms with E-state index in [-0.39, 0.29) is 0 Å². The predicted octanol–water partition coefficient (Wildman–Crippen LogP) is 7.93. The van der Waals surface area contributed by atoms with E-state index in [4.69, 9.17) is 9.47 Å². The molecule has 1 rings (SSSR count). The molecule has 0 aromatic heterocycles. The van der Waals surface area contributed by atoms with Gasteiger partial charge in [0, 0.05) is 4.47 Å². The maximum Gasteiger partial charge on any atom is 0.162 e. The maximum atomic E-state index is 5.98. The van der Waals surface area contributed by atoms with Gasteiger partial charge in [-0.05, 0) is 31.0 Å². The quantitative estimate of drug-likeness (QED) is 0.256. The zero-order chi connectivity index (χ0) is 18.2. The summed E-state index contributed by atoms with van der Waals surface area (Å²) in [6.45, 7) is 6.06. The van der Waals surface area contributed by atoms with Crippen LogP contribution in [-0.4, -0.2) is 13.2 Å². The van der Waals surface area contributed by atoms with Crippen molar-refractivity contribution in [3.63, 3.8) is 0 Å². The summed E-state index contributed by atoms with van der Waals surface area (Å²) in [5.41, 5.74) is 0. The van der Waals surface area contributed by atoms with E-state index >= 15 is 0 Å². The highest BCUT2D eigenvalue weighted by molar-refractivity contribution is 9.10. The van der Waals surface area contributed by atoms with Gasteiger partial charge in [-0.2, -0.15) is 0 Å². The molecule has 0 bridgehead atoms. The average molecular weight is 413 g/mol. The van der Waals surface area contributed by atoms with E-state index in [2.05, 4.69) is 29.8 Å². The van der Waals surface area contributed by atoms with Crippen LogP contribution in [0.25, 0.3) is 0 Å². The fraction of sp³-hybridized carbons (Fsp3) is 0.727. The lowest BCUT2D eigenvalue weighted by atomic mass is 10.1. The second-order valence-electron chi connectivity index (χ2n) is 6.82. The van der Waals surface area contributed by atoms with Crippen molar-refractivity contribution >= 4 is 15.9 Å². The Hall–Kier alpha value is -0.700. The van der Waals surface area contributed by atoms with Crippen LogP contribution in [-0.2, 0) is 0 Å². The second kappa shape index (κ2) is 15.5. The van der Waals surface area contributed by atoms with Crippen LogP contribution in [0, 0.1) is 0 Å². The Kier molecular flexibility index (Phi) is 13.9. The van der Waals surface area contributed by atoms with E-state index < -0.39 is 0 Å². The number of benzene rings is 1. The Morgan fingerprint density at radius 2 is 1.12 bits per heavy atom. The monoisotopic (exact) mass is 412 g/mol. The van der Waals surface area contributed by atoms with Crippen molar-refractivity contribution in [2.24, 2.45) is 0 Å². The number of ether oxygens (including phenoxy) is 2. The molecule has 1 aromatic rings. The van der Waals surface area contributed by atoms with Crippen molar-refractivity contribution in [2.75, 3.05) is 13.2 Å². The molecule has 0 amide bonds. The summed E-state index contributed by atoms with van der Waals surface area (Å²) in [4.78, 5) is 0. The highest BCUT2D eigenvalue weighted by Crippen LogP contribution is 2.31. The van der Waals surface area contributed by atoms with Crippen molar-refractivity contribution in [2.45, 2.75) is 90.9 Å². The lowest BCUT2D eigenvalue weighted by molar-refractivity contribution is 0.258. The summed E-state index contributed by atoms with van der Waals surface area (Å²) in [7, 11) is 0. The first-order valence-corrected chi connectivity index (χ1v) is 11.1. The summed E-state index contributed by atoms with van der Waals surface area (Å²) in [5.74, 6) is 1.75. The minimum atomic E-state index is 0.774. The van der Waals surface area contributed by atoms with E-state index in [1.165, 1.54) is 64.2 Å². The van der Waals surface area contributed by atoms with Gasteiger partial charge in [0.05, 0.1) is 13.2 Å². The van der Waals surface area contributed by atoms with E-state index in [1.54, 1.807) is 0 Å². The molecule has 25 heavy (non-hydrogen) atoms. The van der Waals surface area contributed by atoms with Gasteiger partial charge in [-0.1, -0.05) is 94.0 Å². The first kappa shape index (κ1) is 22.3. The van der Waals surface area contributed by atoms with Crippen LogP contribution < -0.4 is 9.47 Å². The molecule has 0 unspecified atom stereocenters. The lowest BCUT2D eigenvalue weighted by Gasteiger charge is -2.13. The smallest absolute Gasteiger partial charge is 0.162 e. The third kappa shape index (κ3) is 11.5. The fourth-order valence-electron chi connectivity index (χ4n) is 2.84. The van der Waals surface area contributed by atoms with Gasteiger partial charge in [0.2, 0.25) is 0 Å². The molecule has 3 heteroatoms. The summed E-state index contributed by atoms with van der Waals surface area (Å²) >= 11 is 3.53. The van der Waals surface area contributed by atoms with Crippen LogP contribution in [0.2, 0.25) is 0 Å². The van der Waals surface area contributed by atoms with E-state index in [9.17, 15) is 0 Å². The van der Waals surface area contributed by atoms with Crippen LogP contribution in [0.4, 0.5) is 0 Å². The minimum Gasteiger partial charge on any atom is -0.490 e. The third-order valence-corrected chi connectivity index (χ3v) is 4.91. The highest BCUT2D eigenvalue weighted by atomic mass is 79.9. The van der Waals surface area contributed by atoms with Gasteiger partial charge < -0.3 is 9.47 Å². The molecule has 0 aliphatic rings. The predicted molar refractivity (Wildman–Crippen MR) is 112 cm³/mol. The van der Waals surface area contributed by atoms with Gasteiger partial charge in [-0.15, -0.1) is 0 Å². The van der Waals surface area contributed by atoms with Gasteiger partial charge >= 0.3 is 0 Å². The van der Waals surface area contributed by atoms with E-state index in [0.717, 1.165) is 42.0 Å². The summed E-state index contributed by atoms with van der Waals surface area (Å²) in [5, 5.41) is 0. The van der Waals surface area contributed by atoms with Crippen molar-refractivity contribution < 1.29 is 9.47 Å². The minimum absolute atomic E-state index is 0.774. The summed E-state index contributed by atoms with van der Waals surface area (Å²) < 4.78 is 13.0. The second-order valence-corrected chi connectivity index (χ2v) is 7.74. The molecule has 0 spiro atoms. The number of unbranched alkanes of at least 4 members (excludes halogenated alkanes) is 10. The van der Waals surface area contributed by atoms with E-state index in [0.29, 0.717) is 0 Å². The third-order valence-electron chi connectivity index (χ3n) is 4.42. The van der Waals surface area contributed by atoms with Crippen LogP contribution in [0.15, 0.2) is 22.7 Å². The molecular formula is C22H37BrO2. The van der Waals surface area contributed by atoms with Crippen LogP contribution >= 0.6 is 15.9 Å². The van der Waals surface area contributed by atoms with Gasteiger partial charge in [0.25, 0.3) is 0 Å². The standard InChI is InChI=1S/C22H37BrO2/c1-3-5-7-9-11-13-17-24-21-16-15-20(23)19-22(21)25-18-14-12-10-8-6-4-2/h15-16,19H,3-14,17-18H2,1-2H3. The molecule has 0 atom stereocenters. The zero-order valence-electron chi connectivity index (χ0n) is 16.3. The van der Waals surface area contributed by atoms with Gasteiger partial charge in [-0.3, -0.25) is 0 Å². The molecular weight excluding hydrogens is 376 g/mol. The number of hydrogen-bond donors (Lipinski definition) is 0. The van der Waals surface area contributed by atoms with Gasteiger partial charge in [-0.25, -0.2) is 0 Å². The molecule has 1 aromatic carbocycles. The van der Waals surface area contributed by atoms with E-state index in [1.807, 2.05) is 18.2 Å². The molecule has 2 nitrogen and oxygen atoms in total. The van der Waals surface area contributed by atoms with Crippen LogP contribution in [0.3, 0.4) is 0 Å². The fourth-order valence-corrected chi connectivity index (χ4v) is 3.18. The van der Waals surface area contributed by atoms with Gasteiger partial charge in [0.15, 0.2) is 11.5 Å². The number of halogens is 1. The van der Waals surface area contributed by atoms with Crippen LogP contribution in [0.1, 0.15) is 90.9 Å². The first-order chi connectivity index (χ1) is 12.3. The summed E-state index contributed by atoms with van der Waals surface area (Å²) in [6.07, 6.45) is 15.4. The normalized spacial score (nSPS) is 10.8. The first-order valence-electron chi connectivity index (χ1n) is 10.3. The summed E-state index contributed by atoms with van der Waals surface area (Å²) in [6, 6.07) is 6.06. The van der Waals surface area contributed by atoms with Gasteiger partial charge in [0.1, 0.15) is 0 Å². The Labute approximate surface area is 163 Å². The van der Waals surface area contributed by atoms with Crippen molar-refractivity contribution in [3.05, 3.63) is 22.7 Å². The zero-order valence-corrected chi connectivity index (χ0v) is 17.9. The number of hydrogen-bond acceptors (Lipinski definition) is 2. The van der Waals surface area contributed by atoms with Crippen molar-refractivity contribution in [1.29, 1.82) is 0 Å². The Morgan fingerprint density at radius 1 is 0.640 bits per heavy atom. The average Bonchev–Trinajstić information content (AvgIpc) is 2.61. The SMILES string of the molecule is CCCCCCCCOc1ccc(Br)cc1OCCCCCCCC. The van der Waals surface area contributed by atoms with Crippen molar-refractivity contribution in [1.82, 2.24) is 0 Å². The largest absolute Gasteiger partial charge is 0.490 e. The molecule has 0 fully saturated rings. The molecule has 0 saturated heterocycles. The molecule has 144 valence electrons. The molecule has 0 radical (unpaired) electrons. The van der Waals surface area contributed by atoms with Crippen molar-refractivity contribution in [3.8, 4) is 11.5 Å².